The lowest BCUT2D eigenvalue weighted by Gasteiger charge is -2.13. The van der Waals surface area contributed by atoms with Crippen molar-refractivity contribution < 1.29 is 17.9 Å². The highest BCUT2D eigenvalue weighted by molar-refractivity contribution is 7.91. The van der Waals surface area contributed by atoms with Crippen LogP contribution in [0.15, 0.2) is 18.2 Å². The van der Waals surface area contributed by atoms with Gasteiger partial charge in [-0.05, 0) is 38.3 Å². The van der Waals surface area contributed by atoms with E-state index < -0.39 is 21.1 Å². The van der Waals surface area contributed by atoms with E-state index in [1.807, 2.05) is 26.0 Å². The van der Waals surface area contributed by atoms with Gasteiger partial charge in [0.15, 0.2) is 0 Å². The molecule has 0 saturated heterocycles. The largest absolute Gasteiger partial charge is 0.459 e. The van der Waals surface area contributed by atoms with E-state index in [-0.39, 0.29) is 6.10 Å². The number of hydrogen-bond donors (Lipinski definition) is 1. The van der Waals surface area contributed by atoms with Gasteiger partial charge in [-0.1, -0.05) is 12.1 Å². The van der Waals surface area contributed by atoms with Crippen LogP contribution in [0.2, 0.25) is 0 Å². The first kappa shape index (κ1) is 16.1. The van der Waals surface area contributed by atoms with E-state index in [0.717, 1.165) is 22.2 Å². The zero-order valence-electron chi connectivity index (χ0n) is 13.5. The number of rotatable bonds is 3. The lowest BCUT2D eigenvalue weighted by Crippen LogP contribution is -2.20. The maximum atomic E-state index is 12.5. The normalized spacial score (nSPS) is 21.7. The van der Waals surface area contributed by atoms with Gasteiger partial charge in [-0.2, -0.15) is 0 Å². The summed E-state index contributed by atoms with van der Waals surface area (Å²) < 4.78 is 28.8. The molecule has 2 aromatic rings. The molecule has 6 heteroatoms. The number of fused-ring (bicyclic) bond motifs is 1. The fourth-order valence-corrected chi connectivity index (χ4v) is 4.39. The van der Waals surface area contributed by atoms with Gasteiger partial charge in [0.05, 0.1) is 16.3 Å². The summed E-state index contributed by atoms with van der Waals surface area (Å²) in [6.45, 7) is 3.98. The molecule has 0 unspecified atom stereocenters. The first-order valence-corrected chi connectivity index (χ1v) is 9.70. The maximum Gasteiger partial charge on any atom is 0.340 e. The van der Waals surface area contributed by atoms with Crippen molar-refractivity contribution >= 4 is 26.7 Å². The number of para-hydroxylation sites is 1. The molecular weight excluding hydrogens is 314 g/mol. The van der Waals surface area contributed by atoms with E-state index >= 15 is 0 Å². The van der Waals surface area contributed by atoms with Crippen LogP contribution in [0.5, 0.6) is 0 Å². The van der Waals surface area contributed by atoms with E-state index in [2.05, 4.69) is 4.98 Å². The molecule has 1 heterocycles. The second kappa shape index (κ2) is 5.67. The van der Waals surface area contributed by atoms with Crippen molar-refractivity contribution in [3.05, 3.63) is 35.0 Å². The molecule has 0 amide bonds. The predicted octanol–water partition coefficient (Wildman–Crippen LogP) is 2.91. The Bertz CT molecular complexity index is 866. The van der Waals surface area contributed by atoms with E-state index in [0.29, 0.717) is 24.8 Å². The summed E-state index contributed by atoms with van der Waals surface area (Å²) >= 11 is 0. The number of esters is 1. The van der Waals surface area contributed by atoms with Crippen molar-refractivity contribution in [2.75, 3.05) is 6.26 Å². The molecule has 1 N–H and O–H groups in total. The number of carbonyl (C=O) groups excluding carboxylic acids is 1. The zero-order chi connectivity index (χ0) is 16.8. The summed E-state index contributed by atoms with van der Waals surface area (Å²) in [5.41, 5.74) is 3.43. The number of hydrogen-bond acceptors (Lipinski definition) is 4. The predicted molar refractivity (Wildman–Crippen MR) is 89.5 cm³/mol. The number of aromatic amines is 1. The topological polar surface area (TPSA) is 76.2 Å². The van der Waals surface area contributed by atoms with Crippen LogP contribution >= 0.6 is 0 Å². The zero-order valence-corrected chi connectivity index (χ0v) is 14.4. The van der Waals surface area contributed by atoms with Gasteiger partial charge in [-0.3, -0.25) is 0 Å². The summed E-state index contributed by atoms with van der Waals surface area (Å²) in [6.07, 6.45) is 2.47. The van der Waals surface area contributed by atoms with E-state index in [1.165, 1.54) is 6.26 Å². The SMILES string of the molecule is Cc1[nH]c2c(C(=O)O[C@H]3CC[C@@H](S(C)(=O)=O)C3)cccc2c1C. The highest BCUT2D eigenvalue weighted by Gasteiger charge is 2.34. The van der Waals surface area contributed by atoms with Crippen LogP contribution in [0.4, 0.5) is 0 Å². The summed E-state index contributed by atoms with van der Waals surface area (Å²) in [5, 5.41) is 0.614. The smallest absolute Gasteiger partial charge is 0.340 e. The molecule has 1 aliphatic carbocycles. The summed E-state index contributed by atoms with van der Waals surface area (Å²) in [7, 11) is -3.07. The molecule has 0 spiro atoms. The van der Waals surface area contributed by atoms with Gasteiger partial charge in [0.2, 0.25) is 0 Å². The Morgan fingerprint density at radius 1 is 1.26 bits per heavy atom. The minimum absolute atomic E-state index is 0.324. The highest BCUT2D eigenvalue weighted by Crippen LogP contribution is 2.29. The highest BCUT2D eigenvalue weighted by atomic mass is 32.2. The van der Waals surface area contributed by atoms with Gasteiger partial charge in [0, 0.05) is 23.8 Å². The van der Waals surface area contributed by atoms with Crippen molar-refractivity contribution in [3.63, 3.8) is 0 Å². The Morgan fingerprint density at radius 3 is 2.65 bits per heavy atom. The first-order chi connectivity index (χ1) is 10.8. The second-order valence-corrected chi connectivity index (χ2v) is 8.72. The van der Waals surface area contributed by atoms with Crippen LogP contribution in [-0.4, -0.2) is 37.0 Å². The first-order valence-electron chi connectivity index (χ1n) is 7.75. The van der Waals surface area contributed by atoms with Crippen molar-refractivity contribution in [2.45, 2.75) is 44.5 Å². The van der Waals surface area contributed by atoms with E-state index in [1.54, 1.807) is 6.07 Å². The third-order valence-corrected chi connectivity index (χ3v) is 6.42. The fraction of sp³-hybridized carbons (Fsp3) is 0.471. The van der Waals surface area contributed by atoms with Crippen LogP contribution in [-0.2, 0) is 14.6 Å². The van der Waals surface area contributed by atoms with Crippen molar-refractivity contribution in [1.29, 1.82) is 0 Å². The molecule has 2 atom stereocenters. The molecule has 124 valence electrons. The number of carbonyl (C=O) groups is 1. The number of benzene rings is 1. The van der Waals surface area contributed by atoms with E-state index in [4.69, 9.17) is 4.74 Å². The number of H-pyrrole nitrogens is 1. The minimum Gasteiger partial charge on any atom is -0.459 e. The summed E-state index contributed by atoms with van der Waals surface area (Å²) in [6, 6.07) is 5.55. The third-order valence-electron chi connectivity index (χ3n) is 4.78. The molecule has 0 bridgehead atoms. The summed E-state index contributed by atoms with van der Waals surface area (Å²) in [5.74, 6) is -0.393. The average Bonchev–Trinajstić information content (AvgIpc) is 3.05. The number of sulfone groups is 1. The third kappa shape index (κ3) is 3.00. The van der Waals surface area contributed by atoms with Crippen LogP contribution < -0.4 is 0 Å². The molecule has 0 radical (unpaired) electrons. The Morgan fingerprint density at radius 2 is 2.00 bits per heavy atom. The van der Waals surface area contributed by atoms with Crippen molar-refractivity contribution in [1.82, 2.24) is 4.98 Å². The van der Waals surface area contributed by atoms with Gasteiger partial charge in [0.25, 0.3) is 0 Å². The Labute approximate surface area is 136 Å². The Hall–Kier alpha value is -1.82. The molecule has 5 nitrogen and oxygen atoms in total. The average molecular weight is 335 g/mol. The van der Waals surface area contributed by atoms with Gasteiger partial charge < -0.3 is 9.72 Å². The Kier molecular flexibility index (Phi) is 3.96. The molecule has 1 saturated carbocycles. The maximum absolute atomic E-state index is 12.5. The fourth-order valence-electron chi connectivity index (χ4n) is 3.26. The van der Waals surface area contributed by atoms with Crippen molar-refractivity contribution in [2.24, 2.45) is 0 Å². The quantitative estimate of drug-likeness (QED) is 0.875. The number of nitrogens with one attached hydrogen (secondary N) is 1. The van der Waals surface area contributed by atoms with Gasteiger partial charge >= 0.3 is 5.97 Å². The van der Waals surface area contributed by atoms with Crippen LogP contribution in [0.25, 0.3) is 10.9 Å². The van der Waals surface area contributed by atoms with Crippen LogP contribution in [0, 0.1) is 13.8 Å². The molecule has 1 aromatic heterocycles. The minimum atomic E-state index is -3.07. The standard InChI is InChI=1S/C17H21NO4S/c1-10-11(2)18-16-14(10)5-4-6-15(16)17(19)22-12-7-8-13(9-12)23(3,20)21/h4-6,12-13,18H,7-9H2,1-3H3/t12-,13+/m0/s1. The lowest BCUT2D eigenvalue weighted by molar-refractivity contribution is 0.0320. The number of aromatic nitrogens is 1. The Balaban J connectivity index is 1.81. The van der Waals surface area contributed by atoms with Crippen molar-refractivity contribution in [3.8, 4) is 0 Å². The van der Waals surface area contributed by atoms with Gasteiger partial charge in [-0.15, -0.1) is 0 Å². The molecule has 0 aliphatic heterocycles. The van der Waals surface area contributed by atoms with E-state index in [9.17, 15) is 13.2 Å². The molecule has 1 fully saturated rings. The molecular formula is C17H21NO4S. The summed E-state index contributed by atoms with van der Waals surface area (Å²) in [4.78, 5) is 15.7. The molecule has 1 aromatic carbocycles. The number of aryl methyl sites for hydroxylation is 2. The number of ether oxygens (including phenoxy) is 1. The monoisotopic (exact) mass is 335 g/mol. The molecule has 1 aliphatic rings. The second-order valence-electron chi connectivity index (χ2n) is 6.40. The molecule has 3 rings (SSSR count). The lowest BCUT2D eigenvalue weighted by atomic mass is 10.1. The van der Waals surface area contributed by atoms with Gasteiger partial charge in [-0.25, -0.2) is 13.2 Å². The molecule has 23 heavy (non-hydrogen) atoms. The van der Waals surface area contributed by atoms with Crippen LogP contribution in [0.1, 0.15) is 40.9 Å². The van der Waals surface area contributed by atoms with Gasteiger partial charge in [0.1, 0.15) is 15.9 Å². The van der Waals surface area contributed by atoms with Crippen LogP contribution in [0.3, 0.4) is 0 Å².